The standard InChI is InChI=1S/C11H15NO3S/c1-7(12)8-6-16(13,14)10-5-3-4-9(15-2)11(8)10/h3-5,7-8H,6,12H2,1-2H3. The predicted octanol–water partition coefficient (Wildman–Crippen LogP) is 0.913. The van der Waals surface area contributed by atoms with Gasteiger partial charge in [-0.05, 0) is 19.1 Å². The third-order valence-electron chi connectivity index (χ3n) is 2.99. The fourth-order valence-corrected chi connectivity index (χ4v) is 4.16. The highest BCUT2D eigenvalue weighted by molar-refractivity contribution is 7.91. The zero-order chi connectivity index (χ0) is 11.9. The first kappa shape index (κ1) is 11.4. The summed E-state index contributed by atoms with van der Waals surface area (Å²) in [5.74, 6) is 0.525. The van der Waals surface area contributed by atoms with Crippen molar-refractivity contribution in [2.75, 3.05) is 12.9 Å². The minimum absolute atomic E-state index is 0.0837. The van der Waals surface area contributed by atoms with Crippen LogP contribution < -0.4 is 10.5 Å². The Bertz CT molecular complexity index is 508. The van der Waals surface area contributed by atoms with Crippen LogP contribution in [0.4, 0.5) is 0 Å². The molecule has 0 fully saturated rings. The fourth-order valence-electron chi connectivity index (χ4n) is 2.16. The average molecular weight is 241 g/mol. The van der Waals surface area contributed by atoms with Gasteiger partial charge in [-0.25, -0.2) is 8.42 Å². The number of benzene rings is 1. The second-order valence-electron chi connectivity index (χ2n) is 4.12. The van der Waals surface area contributed by atoms with Gasteiger partial charge in [0.1, 0.15) is 5.75 Å². The number of sulfone groups is 1. The van der Waals surface area contributed by atoms with Crippen molar-refractivity contribution in [2.45, 2.75) is 23.8 Å². The lowest BCUT2D eigenvalue weighted by atomic mass is 9.94. The second kappa shape index (κ2) is 3.75. The summed E-state index contributed by atoms with van der Waals surface area (Å²) in [6.45, 7) is 1.82. The Morgan fingerprint density at radius 1 is 1.50 bits per heavy atom. The summed E-state index contributed by atoms with van der Waals surface area (Å²) in [5.41, 5.74) is 6.57. The maximum atomic E-state index is 11.9. The van der Waals surface area contributed by atoms with Crippen LogP contribution in [-0.2, 0) is 9.84 Å². The van der Waals surface area contributed by atoms with Gasteiger partial charge in [-0.1, -0.05) is 6.07 Å². The molecule has 16 heavy (non-hydrogen) atoms. The Morgan fingerprint density at radius 2 is 2.19 bits per heavy atom. The highest BCUT2D eigenvalue weighted by atomic mass is 32.2. The number of nitrogens with two attached hydrogens (primary N) is 1. The Labute approximate surface area is 95.3 Å². The van der Waals surface area contributed by atoms with E-state index in [1.165, 1.54) is 0 Å². The largest absolute Gasteiger partial charge is 0.496 e. The highest BCUT2D eigenvalue weighted by Gasteiger charge is 2.38. The van der Waals surface area contributed by atoms with Gasteiger partial charge in [0, 0.05) is 17.5 Å². The molecule has 0 spiro atoms. The van der Waals surface area contributed by atoms with Crippen LogP contribution in [0, 0.1) is 0 Å². The average Bonchev–Trinajstić information content (AvgIpc) is 2.51. The Kier molecular flexibility index (Phi) is 2.67. The summed E-state index contributed by atoms with van der Waals surface area (Å²) in [6.07, 6.45) is 0. The number of rotatable bonds is 2. The molecule has 0 amide bonds. The molecule has 0 bridgehead atoms. The lowest BCUT2D eigenvalue weighted by Crippen LogP contribution is -2.26. The van der Waals surface area contributed by atoms with Crippen LogP contribution in [0.25, 0.3) is 0 Å². The highest BCUT2D eigenvalue weighted by Crippen LogP contribution is 2.41. The van der Waals surface area contributed by atoms with Crippen LogP contribution in [0.15, 0.2) is 23.1 Å². The summed E-state index contributed by atoms with van der Waals surface area (Å²) < 4.78 is 29.1. The van der Waals surface area contributed by atoms with E-state index < -0.39 is 9.84 Å². The first-order valence-corrected chi connectivity index (χ1v) is 6.78. The van der Waals surface area contributed by atoms with E-state index in [9.17, 15) is 8.42 Å². The summed E-state index contributed by atoms with van der Waals surface area (Å²) in [5, 5.41) is 0. The molecule has 5 heteroatoms. The van der Waals surface area contributed by atoms with Gasteiger partial charge >= 0.3 is 0 Å². The van der Waals surface area contributed by atoms with Crippen molar-refractivity contribution in [3.8, 4) is 5.75 Å². The first-order valence-electron chi connectivity index (χ1n) is 5.12. The van der Waals surface area contributed by atoms with E-state index >= 15 is 0 Å². The van der Waals surface area contributed by atoms with Gasteiger partial charge < -0.3 is 10.5 Å². The number of ether oxygens (including phenoxy) is 1. The van der Waals surface area contributed by atoms with Crippen molar-refractivity contribution in [3.63, 3.8) is 0 Å². The summed E-state index contributed by atoms with van der Waals surface area (Å²) in [6, 6.07) is 4.89. The monoisotopic (exact) mass is 241 g/mol. The molecular formula is C11H15NO3S. The zero-order valence-corrected chi connectivity index (χ0v) is 10.1. The maximum absolute atomic E-state index is 11.9. The topological polar surface area (TPSA) is 69.4 Å². The predicted molar refractivity (Wildman–Crippen MR) is 61.4 cm³/mol. The van der Waals surface area contributed by atoms with E-state index in [0.29, 0.717) is 10.6 Å². The molecule has 2 unspecified atom stereocenters. The van der Waals surface area contributed by atoms with Crippen molar-refractivity contribution >= 4 is 9.84 Å². The van der Waals surface area contributed by atoms with E-state index in [1.54, 1.807) is 25.3 Å². The molecule has 0 aromatic heterocycles. The minimum atomic E-state index is -3.19. The molecular weight excluding hydrogens is 226 g/mol. The van der Waals surface area contributed by atoms with Gasteiger partial charge in [-0.15, -0.1) is 0 Å². The number of hydrogen-bond donors (Lipinski definition) is 1. The van der Waals surface area contributed by atoms with Crippen LogP contribution in [0.2, 0.25) is 0 Å². The van der Waals surface area contributed by atoms with E-state index in [2.05, 4.69) is 0 Å². The smallest absolute Gasteiger partial charge is 0.179 e. The van der Waals surface area contributed by atoms with Crippen molar-refractivity contribution in [1.82, 2.24) is 0 Å². The number of hydrogen-bond acceptors (Lipinski definition) is 4. The SMILES string of the molecule is COc1cccc2c1C(C(C)N)CS2(=O)=O. The molecule has 2 rings (SSSR count). The van der Waals surface area contributed by atoms with Gasteiger partial charge in [0.25, 0.3) is 0 Å². The Balaban J connectivity index is 2.68. The molecule has 1 heterocycles. The van der Waals surface area contributed by atoms with E-state index in [1.807, 2.05) is 6.92 Å². The van der Waals surface area contributed by atoms with Crippen LogP contribution in [0.1, 0.15) is 18.4 Å². The Morgan fingerprint density at radius 3 is 2.75 bits per heavy atom. The zero-order valence-electron chi connectivity index (χ0n) is 9.30. The summed E-state index contributed by atoms with van der Waals surface area (Å²) in [4.78, 5) is 0.370. The van der Waals surface area contributed by atoms with Crippen LogP contribution >= 0.6 is 0 Å². The molecule has 1 aromatic carbocycles. The van der Waals surface area contributed by atoms with Crippen molar-refractivity contribution in [2.24, 2.45) is 5.73 Å². The molecule has 0 saturated heterocycles. The van der Waals surface area contributed by atoms with Crippen LogP contribution in [-0.4, -0.2) is 27.3 Å². The first-order chi connectivity index (χ1) is 7.47. The van der Waals surface area contributed by atoms with Gasteiger partial charge in [0.15, 0.2) is 9.84 Å². The van der Waals surface area contributed by atoms with Crippen molar-refractivity contribution < 1.29 is 13.2 Å². The molecule has 2 atom stereocenters. The number of methoxy groups -OCH3 is 1. The molecule has 1 aliphatic heterocycles. The summed E-state index contributed by atoms with van der Waals surface area (Å²) in [7, 11) is -1.65. The fraction of sp³-hybridized carbons (Fsp3) is 0.455. The van der Waals surface area contributed by atoms with Gasteiger partial charge in [-0.3, -0.25) is 0 Å². The molecule has 0 aliphatic carbocycles. The molecule has 0 radical (unpaired) electrons. The van der Waals surface area contributed by atoms with Gasteiger partial charge in [-0.2, -0.15) is 0 Å². The maximum Gasteiger partial charge on any atom is 0.179 e. The van der Waals surface area contributed by atoms with E-state index in [0.717, 1.165) is 5.56 Å². The summed E-state index contributed by atoms with van der Waals surface area (Å²) >= 11 is 0. The molecule has 0 saturated carbocycles. The molecule has 88 valence electrons. The third kappa shape index (κ3) is 1.60. The lowest BCUT2D eigenvalue weighted by molar-refractivity contribution is 0.403. The van der Waals surface area contributed by atoms with Crippen LogP contribution in [0.5, 0.6) is 5.75 Å². The lowest BCUT2D eigenvalue weighted by Gasteiger charge is -2.16. The van der Waals surface area contributed by atoms with E-state index in [4.69, 9.17) is 10.5 Å². The molecule has 2 N–H and O–H groups in total. The van der Waals surface area contributed by atoms with Gasteiger partial charge in [0.05, 0.1) is 17.8 Å². The minimum Gasteiger partial charge on any atom is -0.496 e. The van der Waals surface area contributed by atoms with Crippen molar-refractivity contribution in [3.05, 3.63) is 23.8 Å². The molecule has 1 aliphatic rings. The quantitative estimate of drug-likeness (QED) is 0.835. The Hall–Kier alpha value is -1.07. The van der Waals surface area contributed by atoms with Crippen LogP contribution in [0.3, 0.4) is 0 Å². The van der Waals surface area contributed by atoms with Gasteiger partial charge in [0.2, 0.25) is 0 Å². The molecule has 4 nitrogen and oxygen atoms in total. The second-order valence-corrected chi connectivity index (χ2v) is 6.12. The van der Waals surface area contributed by atoms with E-state index in [-0.39, 0.29) is 17.7 Å². The normalized spacial score (nSPS) is 23.8. The third-order valence-corrected chi connectivity index (χ3v) is 4.81. The number of fused-ring (bicyclic) bond motifs is 1. The van der Waals surface area contributed by atoms with Crippen molar-refractivity contribution in [1.29, 1.82) is 0 Å². The molecule has 1 aromatic rings.